The predicted molar refractivity (Wildman–Crippen MR) is 111 cm³/mol. The van der Waals surface area contributed by atoms with Gasteiger partial charge in [0.05, 0.1) is 5.69 Å². The average Bonchev–Trinajstić information content (AvgIpc) is 2.95. The fraction of sp³-hybridized carbons (Fsp3) is 0.273. The predicted octanol–water partition coefficient (Wildman–Crippen LogP) is 4.69. The van der Waals surface area contributed by atoms with Gasteiger partial charge in [-0.3, -0.25) is 9.48 Å². The molecule has 0 N–H and O–H groups in total. The maximum absolute atomic E-state index is 14.1. The molecule has 29 heavy (non-hydrogen) atoms. The Hall–Kier alpha value is -2.67. The van der Waals surface area contributed by atoms with Gasteiger partial charge in [-0.1, -0.05) is 18.2 Å². The summed E-state index contributed by atoms with van der Waals surface area (Å²) < 4.78 is 28.9. The van der Waals surface area contributed by atoms with Gasteiger partial charge in [0, 0.05) is 42.3 Å². The molecular formula is C22H21F2N3OS. The minimum absolute atomic E-state index is 0.0373. The van der Waals surface area contributed by atoms with Crippen LogP contribution in [-0.4, -0.2) is 39.4 Å². The number of aryl methyl sites for hydroxylation is 1. The number of carbonyl (C=O) groups is 1. The van der Waals surface area contributed by atoms with Crippen LogP contribution in [0.15, 0.2) is 54.6 Å². The summed E-state index contributed by atoms with van der Waals surface area (Å²) in [6.07, 6.45) is 0.694. The monoisotopic (exact) mass is 413 g/mol. The number of amides is 1. The number of thioether (sulfide) groups is 1. The number of aromatic nitrogens is 2. The first-order valence-corrected chi connectivity index (χ1v) is 10.5. The molecule has 3 aromatic rings. The van der Waals surface area contributed by atoms with Gasteiger partial charge in [0.25, 0.3) is 5.91 Å². The molecule has 1 amide bonds. The summed E-state index contributed by atoms with van der Waals surface area (Å²) in [5.41, 5.74) is 2.57. The molecular weight excluding hydrogens is 392 g/mol. The van der Waals surface area contributed by atoms with Gasteiger partial charge in [-0.05, 0) is 42.8 Å². The van der Waals surface area contributed by atoms with E-state index in [1.165, 1.54) is 18.2 Å². The Morgan fingerprint density at radius 2 is 1.86 bits per heavy atom. The van der Waals surface area contributed by atoms with Crippen molar-refractivity contribution < 1.29 is 13.6 Å². The summed E-state index contributed by atoms with van der Waals surface area (Å²) >= 11 is 1.68. The molecule has 7 heteroatoms. The van der Waals surface area contributed by atoms with Crippen molar-refractivity contribution in [2.75, 3.05) is 18.8 Å². The summed E-state index contributed by atoms with van der Waals surface area (Å²) in [6, 6.07) is 14.6. The van der Waals surface area contributed by atoms with Crippen LogP contribution in [0, 0.1) is 11.6 Å². The van der Waals surface area contributed by atoms with Gasteiger partial charge < -0.3 is 4.90 Å². The first kappa shape index (κ1) is 19.6. The first-order chi connectivity index (χ1) is 14.0. The van der Waals surface area contributed by atoms with E-state index in [-0.39, 0.29) is 22.8 Å². The minimum atomic E-state index is -0.313. The lowest BCUT2D eigenvalue weighted by molar-refractivity contribution is 0.0755. The Labute approximate surface area is 172 Å². The second-order valence-corrected chi connectivity index (χ2v) is 8.32. The molecule has 150 valence electrons. The number of benzene rings is 2. The standard InChI is InChI=1S/C22H21F2N3OS/c1-26-20(14-19(25-26)15-6-8-16(23)9-7-15)22(28)27-11-10-21(29-13-12-27)17-4-2-3-5-18(17)24/h2-9,14,21H,10-13H2,1H3. The fourth-order valence-corrected chi connectivity index (χ4v) is 4.80. The van der Waals surface area contributed by atoms with E-state index in [9.17, 15) is 13.6 Å². The summed E-state index contributed by atoms with van der Waals surface area (Å²) in [4.78, 5) is 14.9. The maximum Gasteiger partial charge on any atom is 0.272 e. The lowest BCUT2D eigenvalue weighted by atomic mass is 10.1. The highest BCUT2D eigenvalue weighted by atomic mass is 32.2. The summed E-state index contributed by atoms with van der Waals surface area (Å²) in [7, 11) is 1.73. The van der Waals surface area contributed by atoms with Gasteiger partial charge >= 0.3 is 0 Å². The third-order valence-electron chi connectivity index (χ3n) is 5.12. The molecule has 0 aliphatic carbocycles. The quantitative estimate of drug-likeness (QED) is 0.626. The molecule has 1 aromatic heterocycles. The van der Waals surface area contributed by atoms with Crippen molar-refractivity contribution >= 4 is 17.7 Å². The van der Waals surface area contributed by atoms with E-state index < -0.39 is 0 Å². The molecule has 0 saturated carbocycles. The Bertz CT molecular complexity index is 1020. The lowest BCUT2D eigenvalue weighted by Gasteiger charge is -2.20. The van der Waals surface area contributed by atoms with E-state index in [1.807, 2.05) is 12.1 Å². The molecule has 1 saturated heterocycles. The van der Waals surface area contributed by atoms with Crippen LogP contribution in [0.5, 0.6) is 0 Å². The Morgan fingerprint density at radius 1 is 1.10 bits per heavy atom. The molecule has 1 aliphatic heterocycles. The highest BCUT2D eigenvalue weighted by molar-refractivity contribution is 7.99. The van der Waals surface area contributed by atoms with Crippen LogP contribution in [0.2, 0.25) is 0 Å². The average molecular weight is 413 g/mol. The molecule has 0 radical (unpaired) electrons. The SMILES string of the molecule is Cn1nc(-c2ccc(F)cc2)cc1C(=O)N1CCSC(c2ccccc2F)CC1. The van der Waals surface area contributed by atoms with E-state index in [2.05, 4.69) is 5.10 Å². The second-order valence-electron chi connectivity index (χ2n) is 7.01. The van der Waals surface area contributed by atoms with E-state index in [4.69, 9.17) is 0 Å². The summed E-state index contributed by atoms with van der Waals surface area (Å²) in [6.45, 7) is 1.16. The van der Waals surface area contributed by atoms with Gasteiger partial charge in [0.2, 0.25) is 0 Å². The number of hydrogen-bond donors (Lipinski definition) is 0. The van der Waals surface area contributed by atoms with Crippen LogP contribution in [0.3, 0.4) is 0 Å². The molecule has 2 heterocycles. The largest absolute Gasteiger partial charge is 0.336 e. The molecule has 1 aliphatic rings. The minimum Gasteiger partial charge on any atom is -0.336 e. The molecule has 1 fully saturated rings. The molecule has 4 nitrogen and oxygen atoms in total. The van der Waals surface area contributed by atoms with Gasteiger partial charge in [0.15, 0.2) is 0 Å². The topological polar surface area (TPSA) is 38.1 Å². The second kappa shape index (κ2) is 8.37. The number of rotatable bonds is 3. The van der Waals surface area contributed by atoms with Crippen molar-refractivity contribution in [3.8, 4) is 11.3 Å². The van der Waals surface area contributed by atoms with Gasteiger partial charge in [-0.15, -0.1) is 0 Å². The van der Waals surface area contributed by atoms with Crippen molar-refractivity contribution in [1.29, 1.82) is 0 Å². The van der Waals surface area contributed by atoms with Gasteiger partial charge in [0.1, 0.15) is 17.3 Å². The highest BCUT2D eigenvalue weighted by Gasteiger charge is 2.26. The van der Waals surface area contributed by atoms with E-state index in [1.54, 1.807) is 52.7 Å². The number of halogens is 2. The molecule has 1 atom stereocenters. The summed E-state index contributed by atoms with van der Waals surface area (Å²) in [5, 5.41) is 4.45. The van der Waals surface area contributed by atoms with Crippen molar-refractivity contribution in [2.45, 2.75) is 11.7 Å². The third kappa shape index (κ3) is 4.19. The van der Waals surface area contributed by atoms with Crippen LogP contribution in [-0.2, 0) is 7.05 Å². The lowest BCUT2D eigenvalue weighted by Crippen LogP contribution is -2.34. The van der Waals surface area contributed by atoms with Crippen LogP contribution in [0.25, 0.3) is 11.3 Å². The van der Waals surface area contributed by atoms with Crippen LogP contribution >= 0.6 is 11.8 Å². The Kier molecular flexibility index (Phi) is 5.67. The Balaban J connectivity index is 1.50. The third-order valence-corrected chi connectivity index (χ3v) is 6.43. The molecule has 4 rings (SSSR count). The van der Waals surface area contributed by atoms with Crippen molar-refractivity contribution in [1.82, 2.24) is 14.7 Å². The molecule has 0 spiro atoms. The van der Waals surface area contributed by atoms with E-state index in [0.29, 0.717) is 36.5 Å². The van der Waals surface area contributed by atoms with Gasteiger partial charge in [-0.2, -0.15) is 16.9 Å². The smallest absolute Gasteiger partial charge is 0.272 e. The van der Waals surface area contributed by atoms with E-state index in [0.717, 1.165) is 11.3 Å². The van der Waals surface area contributed by atoms with Crippen molar-refractivity contribution in [2.24, 2.45) is 7.05 Å². The zero-order chi connectivity index (χ0) is 20.4. The molecule has 2 aromatic carbocycles. The Morgan fingerprint density at radius 3 is 2.62 bits per heavy atom. The fourth-order valence-electron chi connectivity index (χ4n) is 3.55. The van der Waals surface area contributed by atoms with E-state index >= 15 is 0 Å². The zero-order valence-electron chi connectivity index (χ0n) is 16.0. The highest BCUT2D eigenvalue weighted by Crippen LogP contribution is 2.36. The maximum atomic E-state index is 14.1. The first-order valence-electron chi connectivity index (χ1n) is 9.48. The van der Waals surface area contributed by atoms with Crippen LogP contribution in [0.4, 0.5) is 8.78 Å². The molecule has 1 unspecified atom stereocenters. The van der Waals surface area contributed by atoms with Gasteiger partial charge in [-0.25, -0.2) is 8.78 Å². The number of hydrogen-bond acceptors (Lipinski definition) is 3. The molecule has 0 bridgehead atoms. The number of nitrogens with zero attached hydrogens (tertiary/aromatic N) is 3. The normalized spacial score (nSPS) is 17.2. The van der Waals surface area contributed by atoms with Crippen LogP contribution in [0.1, 0.15) is 27.7 Å². The summed E-state index contributed by atoms with van der Waals surface area (Å²) in [5.74, 6) is 0.142. The van der Waals surface area contributed by atoms with Crippen molar-refractivity contribution in [3.05, 3.63) is 77.5 Å². The van der Waals surface area contributed by atoms with Crippen LogP contribution < -0.4 is 0 Å². The zero-order valence-corrected chi connectivity index (χ0v) is 16.8. The number of carbonyl (C=O) groups excluding carboxylic acids is 1. The van der Waals surface area contributed by atoms with Crippen molar-refractivity contribution in [3.63, 3.8) is 0 Å².